The fraction of sp³-hybridized carbons (Fsp3) is 0.300. The molecule has 0 aromatic heterocycles. The van der Waals surface area contributed by atoms with Gasteiger partial charge in [0.15, 0.2) is 0 Å². The van der Waals surface area contributed by atoms with Crippen LogP contribution in [0.25, 0.3) is 0 Å². The van der Waals surface area contributed by atoms with Crippen LogP contribution in [0.15, 0.2) is 52.0 Å². The van der Waals surface area contributed by atoms with E-state index in [0.29, 0.717) is 11.4 Å². The van der Waals surface area contributed by atoms with Crippen molar-refractivity contribution in [2.45, 2.75) is 13.0 Å². The van der Waals surface area contributed by atoms with Crippen LogP contribution in [0, 0.1) is 0 Å². The smallest absolute Gasteiger partial charge is 0.263 e. The summed E-state index contributed by atoms with van der Waals surface area (Å²) in [6.45, 7) is 1.50. The Morgan fingerprint density at radius 2 is 1.83 bits per heavy atom. The third kappa shape index (κ3) is 5.96. The molecule has 8 nitrogen and oxygen atoms in total. The maximum atomic E-state index is 12.6. The fourth-order valence-corrected chi connectivity index (χ4v) is 4.69. The molecule has 30 heavy (non-hydrogen) atoms. The van der Waals surface area contributed by atoms with Crippen LogP contribution >= 0.6 is 15.9 Å². The zero-order valence-corrected chi connectivity index (χ0v) is 19.9. The third-order valence-corrected chi connectivity index (χ3v) is 6.13. The number of amides is 1. The van der Waals surface area contributed by atoms with Crippen molar-refractivity contribution < 1.29 is 17.9 Å². The molecule has 1 N–H and O–H groups in total. The first kappa shape index (κ1) is 23.7. The van der Waals surface area contributed by atoms with Crippen molar-refractivity contribution in [2.24, 2.45) is 5.10 Å². The van der Waals surface area contributed by atoms with E-state index >= 15 is 0 Å². The summed E-state index contributed by atoms with van der Waals surface area (Å²) in [5.41, 5.74) is 4.54. The minimum Gasteiger partial charge on any atom is -0.497 e. The predicted molar refractivity (Wildman–Crippen MR) is 124 cm³/mol. The van der Waals surface area contributed by atoms with Gasteiger partial charge in [0, 0.05) is 18.6 Å². The minimum absolute atomic E-state index is 0.355. The highest BCUT2D eigenvalue weighted by molar-refractivity contribution is 9.10. The van der Waals surface area contributed by atoms with E-state index in [2.05, 4.69) is 26.5 Å². The second kappa shape index (κ2) is 9.94. The maximum Gasteiger partial charge on any atom is 0.263 e. The molecule has 0 unspecified atom stereocenters. The zero-order chi connectivity index (χ0) is 22.5. The predicted octanol–water partition coefficient (Wildman–Crippen LogP) is 2.83. The van der Waals surface area contributed by atoms with Crippen molar-refractivity contribution >= 4 is 49.4 Å². The number of benzene rings is 2. The highest BCUT2D eigenvalue weighted by Crippen LogP contribution is 2.25. The first-order chi connectivity index (χ1) is 14.0. The summed E-state index contributed by atoms with van der Waals surface area (Å²) in [7, 11) is 1.68. The van der Waals surface area contributed by atoms with E-state index < -0.39 is 22.0 Å². The summed E-state index contributed by atoms with van der Waals surface area (Å²) >= 11 is 3.50. The van der Waals surface area contributed by atoms with Gasteiger partial charge in [-0.1, -0.05) is 6.07 Å². The number of carbonyl (C=O) groups is 1. The quantitative estimate of drug-likeness (QED) is 0.448. The molecule has 0 heterocycles. The number of anilines is 2. The fourth-order valence-electron chi connectivity index (χ4n) is 2.77. The van der Waals surface area contributed by atoms with Gasteiger partial charge in [0.2, 0.25) is 10.0 Å². The molecule has 10 heteroatoms. The van der Waals surface area contributed by atoms with Crippen molar-refractivity contribution in [2.75, 3.05) is 36.7 Å². The lowest BCUT2D eigenvalue weighted by Crippen LogP contribution is -2.46. The number of ether oxygens (including phenoxy) is 1. The third-order valence-electron chi connectivity index (χ3n) is 4.26. The summed E-state index contributed by atoms with van der Waals surface area (Å²) in [5.74, 6) is 0.0248. The van der Waals surface area contributed by atoms with Crippen LogP contribution in [-0.2, 0) is 14.8 Å². The average molecular weight is 497 g/mol. The number of halogens is 1. The van der Waals surface area contributed by atoms with E-state index in [0.717, 1.165) is 26.3 Å². The van der Waals surface area contributed by atoms with Crippen molar-refractivity contribution in [3.8, 4) is 5.75 Å². The first-order valence-electron chi connectivity index (χ1n) is 8.98. The Morgan fingerprint density at radius 1 is 1.20 bits per heavy atom. The van der Waals surface area contributed by atoms with Gasteiger partial charge in [-0.3, -0.25) is 9.10 Å². The van der Waals surface area contributed by atoms with Gasteiger partial charge in [-0.05, 0) is 64.8 Å². The molecule has 1 amide bonds. The van der Waals surface area contributed by atoms with Gasteiger partial charge in [-0.2, -0.15) is 5.10 Å². The molecule has 1 atom stereocenters. The SMILES string of the molecule is COc1ccc(N([C@@H](C)C(=O)N/N=C\c2ccc(N(C)C)c(Br)c2)S(C)(=O)=O)cc1. The molecule has 0 fully saturated rings. The van der Waals surface area contributed by atoms with Gasteiger partial charge in [0.1, 0.15) is 11.8 Å². The number of sulfonamides is 1. The molecule has 2 aromatic carbocycles. The molecule has 0 radical (unpaired) electrons. The lowest BCUT2D eigenvalue weighted by atomic mass is 10.2. The Labute approximate surface area is 185 Å². The minimum atomic E-state index is -3.71. The Hall–Kier alpha value is -2.59. The number of hydrazone groups is 1. The lowest BCUT2D eigenvalue weighted by Gasteiger charge is -2.27. The summed E-state index contributed by atoms with van der Waals surface area (Å²) in [6.07, 6.45) is 2.54. The number of nitrogens with one attached hydrogen (secondary N) is 1. The topological polar surface area (TPSA) is 91.3 Å². The average Bonchev–Trinajstić information content (AvgIpc) is 2.67. The largest absolute Gasteiger partial charge is 0.497 e. The van der Waals surface area contributed by atoms with Crippen molar-refractivity contribution in [1.29, 1.82) is 0 Å². The van der Waals surface area contributed by atoms with Crippen LogP contribution in [0.2, 0.25) is 0 Å². The van der Waals surface area contributed by atoms with Crippen molar-refractivity contribution in [1.82, 2.24) is 5.43 Å². The molecule has 2 aromatic rings. The number of carbonyl (C=O) groups excluding carboxylic acids is 1. The van der Waals surface area contributed by atoms with Crippen LogP contribution in [0.4, 0.5) is 11.4 Å². The van der Waals surface area contributed by atoms with Gasteiger partial charge < -0.3 is 9.64 Å². The molecule has 0 aliphatic carbocycles. The van der Waals surface area contributed by atoms with Gasteiger partial charge in [0.25, 0.3) is 5.91 Å². The molecular weight excluding hydrogens is 472 g/mol. The highest BCUT2D eigenvalue weighted by atomic mass is 79.9. The van der Waals surface area contributed by atoms with Crippen molar-refractivity contribution in [3.63, 3.8) is 0 Å². The Bertz CT molecular complexity index is 1020. The van der Waals surface area contributed by atoms with Crippen LogP contribution in [0.1, 0.15) is 12.5 Å². The summed E-state index contributed by atoms with van der Waals surface area (Å²) < 4.78 is 31.7. The number of methoxy groups -OCH3 is 1. The van der Waals surface area contributed by atoms with Crippen LogP contribution in [0.5, 0.6) is 5.75 Å². The normalized spacial score (nSPS) is 12.5. The lowest BCUT2D eigenvalue weighted by molar-refractivity contribution is -0.121. The van der Waals surface area contributed by atoms with Crippen LogP contribution < -0.4 is 19.4 Å². The Morgan fingerprint density at radius 3 is 2.33 bits per heavy atom. The monoisotopic (exact) mass is 496 g/mol. The van der Waals surface area contributed by atoms with Crippen LogP contribution in [-0.4, -0.2) is 54.0 Å². The van der Waals surface area contributed by atoms with Crippen molar-refractivity contribution in [3.05, 3.63) is 52.5 Å². The Balaban J connectivity index is 2.15. The number of hydrogen-bond donors (Lipinski definition) is 1. The molecule has 2 rings (SSSR count). The molecule has 0 bridgehead atoms. The summed E-state index contributed by atoms with van der Waals surface area (Å²) in [5, 5.41) is 3.96. The molecule has 162 valence electrons. The molecule has 0 saturated heterocycles. The molecule has 0 aliphatic heterocycles. The summed E-state index contributed by atoms with van der Waals surface area (Å²) in [4.78, 5) is 14.5. The standard InChI is InChI=1S/C20H25BrN4O4S/c1-14(25(30(5,27)28)16-7-9-17(29-4)10-8-16)20(26)23-22-13-15-6-11-19(24(2)3)18(21)12-15/h6-14H,1-5H3,(H,23,26)/b22-13-/t14-/m0/s1. The van der Waals surface area contributed by atoms with E-state index in [-0.39, 0.29) is 0 Å². The van der Waals surface area contributed by atoms with Gasteiger partial charge >= 0.3 is 0 Å². The first-order valence-corrected chi connectivity index (χ1v) is 11.6. The van der Waals surface area contributed by atoms with E-state index in [1.54, 1.807) is 24.3 Å². The molecule has 0 saturated carbocycles. The molecule has 0 spiro atoms. The second-order valence-corrected chi connectivity index (χ2v) is 9.49. The van der Waals surface area contributed by atoms with Gasteiger partial charge in [-0.15, -0.1) is 0 Å². The maximum absolute atomic E-state index is 12.6. The molecule has 0 aliphatic rings. The van der Waals surface area contributed by atoms with Gasteiger partial charge in [-0.25, -0.2) is 13.8 Å². The van der Waals surface area contributed by atoms with E-state index in [1.165, 1.54) is 20.2 Å². The Kier molecular flexibility index (Phi) is 7.85. The zero-order valence-electron chi connectivity index (χ0n) is 17.5. The number of rotatable bonds is 8. The second-order valence-electron chi connectivity index (χ2n) is 6.77. The number of hydrogen-bond acceptors (Lipinski definition) is 6. The van der Waals surface area contributed by atoms with Crippen LogP contribution in [0.3, 0.4) is 0 Å². The van der Waals surface area contributed by atoms with E-state index in [9.17, 15) is 13.2 Å². The highest BCUT2D eigenvalue weighted by Gasteiger charge is 2.29. The molecular formula is C20H25BrN4O4S. The summed E-state index contributed by atoms with van der Waals surface area (Å²) in [6, 6.07) is 11.1. The van der Waals surface area contributed by atoms with Gasteiger partial charge in [0.05, 0.1) is 31.0 Å². The number of nitrogens with zero attached hydrogens (tertiary/aromatic N) is 3. The van der Waals surface area contributed by atoms with E-state index in [4.69, 9.17) is 4.74 Å². The van der Waals surface area contributed by atoms with E-state index in [1.807, 2.05) is 37.2 Å².